The summed E-state index contributed by atoms with van der Waals surface area (Å²) in [5, 5.41) is 12.2. The maximum absolute atomic E-state index is 13.6. The Hall–Kier alpha value is -1.18. The first kappa shape index (κ1) is 15.2. The lowest BCUT2D eigenvalue weighted by atomic mass is 10.2. The molecular weight excluding hydrogens is 295 g/mol. The number of nitrogens with zero attached hydrogens (tertiary/aromatic N) is 3. The highest BCUT2D eigenvalue weighted by Crippen LogP contribution is 2.33. The van der Waals surface area contributed by atoms with Crippen LogP contribution in [0.5, 0.6) is 0 Å². The topological polar surface area (TPSA) is 41.1 Å². The predicted molar refractivity (Wildman–Crippen MR) is 82.1 cm³/mol. The number of nitrogens with one attached hydrogen (secondary N) is 1. The van der Waals surface area contributed by atoms with Crippen molar-refractivity contribution >= 4 is 28.2 Å². The minimum Gasteiger partial charge on any atom is -0.353 e. The Bertz CT molecular complexity index is 571. The average Bonchev–Trinajstić information content (AvgIpc) is 2.84. The van der Waals surface area contributed by atoms with Gasteiger partial charge in [-0.2, -0.15) is 0 Å². The zero-order valence-corrected chi connectivity index (χ0v) is 13.3. The van der Waals surface area contributed by atoms with Crippen molar-refractivity contribution in [3.8, 4) is 0 Å². The van der Waals surface area contributed by atoms with Crippen LogP contribution in [0, 0.1) is 5.82 Å². The number of hydrogen-bond acceptors (Lipinski definition) is 6. The fourth-order valence-corrected chi connectivity index (χ4v) is 3.42. The Morgan fingerprint density at radius 2 is 2.10 bits per heavy atom. The van der Waals surface area contributed by atoms with E-state index in [-0.39, 0.29) is 5.82 Å². The van der Waals surface area contributed by atoms with Gasteiger partial charge in [-0.3, -0.25) is 0 Å². The van der Waals surface area contributed by atoms with Gasteiger partial charge in [0.05, 0.1) is 0 Å². The number of aromatic nitrogens is 2. The summed E-state index contributed by atoms with van der Waals surface area (Å²) in [7, 11) is 3.84. The third-order valence-corrected chi connectivity index (χ3v) is 4.61. The third-order valence-electron chi connectivity index (χ3n) is 2.49. The van der Waals surface area contributed by atoms with Crippen LogP contribution in [0.3, 0.4) is 0 Å². The minimum atomic E-state index is -0.222. The van der Waals surface area contributed by atoms with Gasteiger partial charge < -0.3 is 10.2 Å². The van der Waals surface area contributed by atoms with Gasteiger partial charge in [0, 0.05) is 25.5 Å². The van der Waals surface area contributed by atoms with Crippen LogP contribution in [-0.4, -0.2) is 30.8 Å². The van der Waals surface area contributed by atoms with Crippen LogP contribution in [-0.2, 0) is 6.54 Å². The van der Waals surface area contributed by atoms with Crippen molar-refractivity contribution in [3.05, 3.63) is 29.6 Å². The van der Waals surface area contributed by atoms with Crippen LogP contribution in [0.1, 0.15) is 12.5 Å². The van der Waals surface area contributed by atoms with E-state index in [2.05, 4.69) is 15.5 Å². The van der Waals surface area contributed by atoms with Crippen LogP contribution in [0.4, 0.5) is 9.52 Å². The average molecular weight is 312 g/mol. The molecule has 2 rings (SSSR count). The summed E-state index contributed by atoms with van der Waals surface area (Å²) in [4.78, 5) is 2.75. The van der Waals surface area contributed by atoms with Gasteiger partial charge in [-0.05, 0) is 30.3 Å². The molecule has 0 aliphatic heterocycles. The zero-order valence-electron chi connectivity index (χ0n) is 11.7. The number of benzene rings is 1. The van der Waals surface area contributed by atoms with Crippen molar-refractivity contribution < 1.29 is 4.39 Å². The van der Waals surface area contributed by atoms with E-state index in [4.69, 9.17) is 0 Å². The molecule has 0 fully saturated rings. The monoisotopic (exact) mass is 312 g/mol. The molecule has 0 aliphatic rings. The van der Waals surface area contributed by atoms with E-state index in [0.29, 0.717) is 6.54 Å². The molecule has 0 saturated heterocycles. The molecule has 0 atom stereocenters. The van der Waals surface area contributed by atoms with Crippen LogP contribution >= 0.6 is 23.1 Å². The normalized spacial score (nSPS) is 10.8. The first-order valence-corrected chi connectivity index (χ1v) is 7.90. The molecular formula is C13H17FN4S2. The molecule has 4 nitrogen and oxygen atoms in total. The molecule has 0 radical (unpaired) electrons. The Morgan fingerprint density at radius 3 is 2.75 bits per heavy atom. The molecule has 1 heterocycles. The van der Waals surface area contributed by atoms with E-state index in [1.807, 2.05) is 32.0 Å². The Labute approximate surface area is 126 Å². The van der Waals surface area contributed by atoms with E-state index < -0.39 is 0 Å². The number of halogens is 1. The lowest BCUT2D eigenvalue weighted by Crippen LogP contribution is -2.11. The van der Waals surface area contributed by atoms with E-state index in [9.17, 15) is 4.39 Å². The lowest BCUT2D eigenvalue weighted by Gasteiger charge is -2.05. The van der Waals surface area contributed by atoms with Gasteiger partial charge in [-0.1, -0.05) is 30.0 Å². The highest BCUT2D eigenvalue weighted by molar-refractivity contribution is 8.01. The molecule has 0 amide bonds. The van der Waals surface area contributed by atoms with Gasteiger partial charge >= 0.3 is 0 Å². The maximum Gasteiger partial charge on any atom is 0.208 e. The number of hydrogen-bond donors (Lipinski definition) is 1. The van der Waals surface area contributed by atoms with Gasteiger partial charge in [-0.15, -0.1) is 10.2 Å². The molecule has 7 heteroatoms. The Morgan fingerprint density at radius 1 is 1.30 bits per heavy atom. The minimum absolute atomic E-state index is 0.222. The summed E-state index contributed by atoms with van der Waals surface area (Å²) in [6, 6.07) is 5.06. The second-order valence-electron chi connectivity index (χ2n) is 4.42. The van der Waals surface area contributed by atoms with E-state index in [1.54, 1.807) is 6.07 Å². The SMILES string of the molecule is CCNCc1cc(F)cc(Sc2nnc(N(C)C)s2)c1. The first-order chi connectivity index (χ1) is 9.58. The summed E-state index contributed by atoms with van der Waals surface area (Å²) in [5.41, 5.74) is 0.937. The molecule has 0 bridgehead atoms. The Kier molecular flexibility index (Phi) is 5.33. The molecule has 0 saturated carbocycles. The quantitative estimate of drug-likeness (QED) is 0.888. The second kappa shape index (κ2) is 7.01. The first-order valence-electron chi connectivity index (χ1n) is 6.27. The molecule has 1 aromatic carbocycles. The second-order valence-corrected chi connectivity index (χ2v) is 6.70. The number of anilines is 1. The van der Waals surface area contributed by atoms with Crippen molar-refractivity contribution in [2.75, 3.05) is 25.5 Å². The fraction of sp³-hybridized carbons (Fsp3) is 0.385. The van der Waals surface area contributed by atoms with Gasteiger partial charge in [-0.25, -0.2) is 4.39 Å². The molecule has 2 aromatic rings. The third kappa shape index (κ3) is 4.16. The van der Waals surface area contributed by atoms with Crippen molar-refractivity contribution in [1.82, 2.24) is 15.5 Å². The number of rotatable bonds is 6. The molecule has 1 N–H and O–H groups in total. The van der Waals surface area contributed by atoms with Crippen LogP contribution in [0.2, 0.25) is 0 Å². The van der Waals surface area contributed by atoms with Gasteiger partial charge in [0.25, 0.3) is 0 Å². The fourth-order valence-electron chi connectivity index (χ4n) is 1.58. The highest BCUT2D eigenvalue weighted by atomic mass is 32.2. The van der Waals surface area contributed by atoms with E-state index >= 15 is 0 Å². The van der Waals surface area contributed by atoms with Gasteiger partial charge in [0.15, 0.2) is 4.34 Å². The zero-order chi connectivity index (χ0) is 14.5. The summed E-state index contributed by atoms with van der Waals surface area (Å²) >= 11 is 2.93. The van der Waals surface area contributed by atoms with Crippen LogP contribution in [0.25, 0.3) is 0 Å². The molecule has 0 unspecified atom stereocenters. The molecule has 20 heavy (non-hydrogen) atoms. The van der Waals surface area contributed by atoms with Crippen molar-refractivity contribution in [1.29, 1.82) is 0 Å². The van der Waals surface area contributed by atoms with Gasteiger partial charge in [0.2, 0.25) is 5.13 Å². The summed E-state index contributed by atoms with van der Waals surface area (Å²) in [6.07, 6.45) is 0. The molecule has 0 spiro atoms. The van der Waals surface area contributed by atoms with Crippen molar-refractivity contribution in [3.63, 3.8) is 0 Å². The largest absolute Gasteiger partial charge is 0.353 e. The standard InChI is InChI=1S/C13H17FN4S2/c1-4-15-8-9-5-10(14)7-11(6-9)19-13-17-16-12(20-13)18(2)3/h5-7,15H,4,8H2,1-3H3. The van der Waals surface area contributed by atoms with E-state index in [1.165, 1.54) is 29.2 Å². The predicted octanol–water partition coefficient (Wildman–Crippen LogP) is 3.00. The van der Waals surface area contributed by atoms with Crippen molar-refractivity contribution in [2.24, 2.45) is 0 Å². The van der Waals surface area contributed by atoms with Crippen molar-refractivity contribution in [2.45, 2.75) is 22.7 Å². The summed E-state index contributed by atoms with van der Waals surface area (Å²) in [5.74, 6) is -0.222. The molecule has 0 aliphatic carbocycles. The smallest absolute Gasteiger partial charge is 0.208 e. The van der Waals surface area contributed by atoms with E-state index in [0.717, 1.165) is 26.5 Å². The highest BCUT2D eigenvalue weighted by Gasteiger charge is 2.09. The summed E-state index contributed by atoms with van der Waals surface area (Å²) < 4.78 is 14.4. The summed E-state index contributed by atoms with van der Waals surface area (Å²) in [6.45, 7) is 3.56. The van der Waals surface area contributed by atoms with Gasteiger partial charge in [0.1, 0.15) is 5.82 Å². The van der Waals surface area contributed by atoms with Crippen LogP contribution in [0.15, 0.2) is 27.4 Å². The van der Waals surface area contributed by atoms with Crippen LogP contribution < -0.4 is 10.2 Å². The maximum atomic E-state index is 13.6. The molecule has 1 aromatic heterocycles. The Balaban J connectivity index is 2.13. The lowest BCUT2D eigenvalue weighted by molar-refractivity contribution is 0.617. The molecule has 108 valence electrons.